The maximum Gasteiger partial charge on any atom is 0.321 e. The number of carbonyl (C=O) groups is 2. The molecular formula is C15H18ClN3O2. The van der Waals surface area contributed by atoms with Crippen molar-refractivity contribution in [1.82, 2.24) is 10.2 Å². The van der Waals surface area contributed by atoms with E-state index in [0.29, 0.717) is 36.1 Å². The third kappa shape index (κ3) is 3.29. The second-order valence-electron chi connectivity index (χ2n) is 5.65. The fourth-order valence-electron chi connectivity index (χ4n) is 3.06. The average Bonchev–Trinajstić information content (AvgIpc) is 2.46. The minimum Gasteiger partial charge on any atom is -0.353 e. The van der Waals surface area contributed by atoms with Crippen LogP contribution in [0, 0.1) is 5.92 Å². The number of benzene rings is 1. The summed E-state index contributed by atoms with van der Waals surface area (Å²) in [5.41, 5.74) is 0.701. The second kappa shape index (κ2) is 5.93. The number of fused-ring (bicyclic) bond motifs is 1. The van der Waals surface area contributed by atoms with E-state index in [9.17, 15) is 9.59 Å². The van der Waals surface area contributed by atoms with Crippen LogP contribution >= 0.6 is 11.6 Å². The number of hydrogen-bond donors (Lipinski definition) is 2. The Balaban J connectivity index is 1.60. The number of nitrogens with zero attached hydrogens (tertiary/aromatic N) is 1. The van der Waals surface area contributed by atoms with Crippen LogP contribution in [0.5, 0.6) is 0 Å². The third-order valence-electron chi connectivity index (χ3n) is 4.19. The van der Waals surface area contributed by atoms with Gasteiger partial charge in [0, 0.05) is 36.3 Å². The Bertz CT molecular complexity index is 564. The first kappa shape index (κ1) is 14.2. The van der Waals surface area contributed by atoms with Crippen molar-refractivity contribution >= 4 is 29.2 Å². The van der Waals surface area contributed by atoms with Gasteiger partial charge in [0.05, 0.1) is 0 Å². The summed E-state index contributed by atoms with van der Waals surface area (Å²) in [7, 11) is 0. The molecule has 112 valence electrons. The van der Waals surface area contributed by atoms with E-state index in [0.717, 1.165) is 12.8 Å². The first-order valence-corrected chi connectivity index (χ1v) is 7.60. The minimum absolute atomic E-state index is 0.104. The van der Waals surface area contributed by atoms with Crippen LogP contribution in [-0.4, -0.2) is 36.0 Å². The van der Waals surface area contributed by atoms with Crippen molar-refractivity contribution in [3.05, 3.63) is 29.3 Å². The van der Waals surface area contributed by atoms with Crippen LogP contribution in [0.15, 0.2) is 24.3 Å². The number of anilines is 1. The van der Waals surface area contributed by atoms with Crippen molar-refractivity contribution in [3.8, 4) is 0 Å². The molecule has 0 spiro atoms. The van der Waals surface area contributed by atoms with Gasteiger partial charge in [-0.05, 0) is 37.0 Å². The molecule has 6 heteroatoms. The molecule has 2 aliphatic heterocycles. The van der Waals surface area contributed by atoms with Gasteiger partial charge in [0.2, 0.25) is 5.91 Å². The lowest BCUT2D eigenvalue weighted by molar-refractivity contribution is -0.125. The Hall–Kier alpha value is -1.75. The van der Waals surface area contributed by atoms with Crippen LogP contribution < -0.4 is 10.6 Å². The maximum atomic E-state index is 12.3. The zero-order chi connectivity index (χ0) is 14.8. The molecule has 0 bridgehead atoms. The molecule has 0 radical (unpaired) electrons. The van der Waals surface area contributed by atoms with E-state index in [4.69, 9.17) is 11.6 Å². The Morgan fingerprint density at radius 1 is 1.38 bits per heavy atom. The minimum atomic E-state index is -0.104. The lowest BCUT2D eigenvalue weighted by atomic mass is 9.85. The molecular weight excluding hydrogens is 290 g/mol. The van der Waals surface area contributed by atoms with E-state index in [1.165, 1.54) is 0 Å². The van der Waals surface area contributed by atoms with Gasteiger partial charge in [-0.25, -0.2) is 4.79 Å². The van der Waals surface area contributed by atoms with E-state index < -0.39 is 0 Å². The molecule has 2 saturated heterocycles. The predicted octanol–water partition coefficient (Wildman–Crippen LogP) is 2.47. The second-order valence-corrected chi connectivity index (χ2v) is 6.08. The van der Waals surface area contributed by atoms with E-state index in [-0.39, 0.29) is 18.0 Å². The van der Waals surface area contributed by atoms with Gasteiger partial charge < -0.3 is 15.5 Å². The molecule has 0 aromatic heterocycles. The van der Waals surface area contributed by atoms with Crippen molar-refractivity contribution in [2.45, 2.75) is 25.3 Å². The zero-order valence-corrected chi connectivity index (χ0v) is 12.4. The molecule has 2 aliphatic rings. The van der Waals surface area contributed by atoms with Crippen LogP contribution in [-0.2, 0) is 4.79 Å². The van der Waals surface area contributed by atoms with Crippen molar-refractivity contribution < 1.29 is 9.59 Å². The highest BCUT2D eigenvalue weighted by molar-refractivity contribution is 6.30. The highest BCUT2D eigenvalue weighted by Crippen LogP contribution is 2.26. The first-order chi connectivity index (χ1) is 10.1. The van der Waals surface area contributed by atoms with Gasteiger partial charge in [0.25, 0.3) is 0 Å². The predicted molar refractivity (Wildman–Crippen MR) is 81.3 cm³/mol. The maximum absolute atomic E-state index is 12.3. The van der Waals surface area contributed by atoms with Gasteiger partial charge in [-0.15, -0.1) is 0 Å². The van der Waals surface area contributed by atoms with Crippen LogP contribution in [0.3, 0.4) is 0 Å². The summed E-state index contributed by atoms with van der Waals surface area (Å²) in [5.74, 6) is 0.495. The van der Waals surface area contributed by atoms with Crippen molar-refractivity contribution in [1.29, 1.82) is 0 Å². The SMILES string of the molecule is O=C1CCC2CN(C(=O)Nc3cccc(Cl)c3)CCC2N1. The summed E-state index contributed by atoms with van der Waals surface area (Å²) in [4.78, 5) is 25.5. The molecule has 2 unspecified atom stereocenters. The van der Waals surface area contributed by atoms with E-state index in [1.54, 1.807) is 18.2 Å². The van der Waals surface area contributed by atoms with Gasteiger partial charge >= 0.3 is 6.03 Å². The lowest BCUT2D eigenvalue weighted by Gasteiger charge is -2.41. The summed E-state index contributed by atoms with van der Waals surface area (Å²) in [5, 5.41) is 6.49. The smallest absolute Gasteiger partial charge is 0.321 e. The van der Waals surface area contributed by atoms with Crippen molar-refractivity contribution in [3.63, 3.8) is 0 Å². The van der Waals surface area contributed by atoms with Gasteiger partial charge in [0.15, 0.2) is 0 Å². The molecule has 5 nitrogen and oxygen atoms in total. The summed E-state index contributed by atoms with van der Waals surface area (Å²) in [6, 6.07) is 7.24. The highest BCUT2D eigenvalue weighted by Gasteiger charge is 2.35. The lowest BCUT2D eigenvalue weighted by Crippen LogP contribution is -2.55. The Morgan fingerprint density at radius 3 is 3.05 bits per heavy atom. The van der Waals surface area contributed by atoms with Gasteiger partial charge in [-0.3, -0.25) is 4.79 Å². The molecule has 3 amide bonds. The normalized spacial score (nSPS) is 25.0. The molecule has 1 aromatic carbocycles. The molecule has 1 aromatic rings. The van der Waals surface area contributed by atoms with Gasteiger partial charge in [0.1, 0.15) is 0 Å². The number of halogens is 1. The van der Waals surface area contributed by atoms with E-state index in [2.05, 4.69) is 10.6 Å². The van der Waals surface area contributed by atoms with Crippen LogP contribution in [0.2, 0.25) is 5.02 Å². The number of carbonyl (C=O) groups excluding carboxylic acids is 2. The quantitative estimate of drug-likeness (QED) is 0.837. The standard InChI is InChI=1S/C15H18ClN3O2/c16-11-2-1-3-12(8-11)17-15(21)19-7-6-13-10(9-19)4-5-14(20)18-13/h1-3,8,10,13H,4-7,9H2,(H,17,21)(H,18,20). The summed E-state index contributed by atoms with van der Waals surface area (Å²) < 4.78 is 0. The number of piperidine rings is 2. The molecule has 0 aliphatic carbocycles. The first-order valence-electron chi connectivity index (χ1n) is 7.22. The molecule has 2 heterocycles. The number of nitrogens with one attached hydrogen (secondary N) is 2. The van der Waals surface area contributed by atoms with Crippen LogP contribution in [0.1, 0.15) is 19.3 Å². The van der Waals surface area contributed by atoms with Crippen molar-refractivity contribution in [2.75, 3.05) is 18.4 Å². The summed E-state index contributed by atoms with van der Waals surface area (Å²) >= 11 is 5.91. The Labute approximate surface area is 128 Å². The Kier molecular flexibility index (Phi) is 4.01. The van der Waals surface area contributed by atoms with Crippen LogP contribution in [0.25, 0.3) is 0 Å². The monoisotopic (exact) mass is 307 g/mol. The van der Waals surface area contributed by atoms with Gasteiger partial charge in [-0.2, -0.15) is 0 Å². The summed E-state index contributed by atoms with van der Waals surface area (Å²) in [6.45, 7) is 1.35. The fourth-order valence-corrected chi connectivity index (χ4v) is 3.25. The number of likely N-dealkylation sites (tertiary alicyclic amines) is 1. The Morgan fingerprint density at radius 2 is 2.24 bits per heavy atom. The molecule has 21 heavy (non-hydrogen) atoms. The number of hydrogen-bond acceptors (Lipinski definition) is 2. The average molecular weight is 308 g/mol. The zero-order valence-electron chi connectivity index (χ0n) is 11.6. The van der Waals surface area contributed by atoms with Crippen LogP contribution in [0.4, 0.5) is 10.5 Å². The van der Waals surface area contributed by atoms with Gasteiger partial charge in [-0.1, -0.05) is 17.7 Å². The molecule has 0 saturated carbocycles. The van der Waals surface area contributed by atoms with E-state index >= 15 is 0 Å². The fraction of sp³-hybridized carbons (Fsp3) is 0.467. The number of rotatable bonds is 1. The number of amides is 3. The topological polar surface area (TPSA) is 61.4 Å². The largest absolute Gasteiger partial charge is 0.353 e. The highest BCUT2D eigenvalue weighted by atomic mass is 35.5. The van der Waals surface area contributed by atoms with E-state index in [1.807, 2.05) is 11.0 Å². The molecule has 2 N–H and O–H groups in total. The molecule has 2 fully saturated rings. The number of urea groups is 1. The molecule has 2 atom stereocenters. The van der Waals surface area contributed by atoms with Crippen molar-refractivity contribution in [2.24, 2.45) is 5.92 Å². The third-order valence-corrected chi connectivity index (χ3v) is 4.42. The molecule has 3 rings (SSSR count). The summed E-state index contributed by atoms with van der Waals surface area (Å²) in [6.07, 6.45) is 2.24.